The first kappa shape index (κ1) is 36.1. The molecule has 2 aliphatic heterocycles. The van der Waals surface area contributed by atoms with E-state index in [0.29, 0.717) is 38.4 Å². The number of amides is 1. The number of carbonyl (C=O) groups is 2. The van der Waals surface area contributed by atoms with Crippen LogP contribution in [0.2, 0.25) is 0 Å². The van der Waals surface area contributed by atoms with E-state index in [2.05, 4.69) is 20.3 Å². The number of morpholine rings is 1. The first-order valence-electron chi connectivity index (χ1n) is 15.5. The Labute approximate surface area is 281 Å². The Morgan fingerprint density at radius 2 is 1.82 bits per heavy atom. The number of benzene rings is 1. The number of alkyl halides is 6. The number of pyridine rings is 1. The number of ether oxygens (including phenoxy) is 2. The van der Waals surface area contributed by atoms with E-state index in [9.17, 15) is 41.2 Å². The van der Waals surface area contributed by atoms with Crippen LogP contribution < -0.4 is 15.1 Å². The molecule has 1 aromatic carbocycles. The molecular formula is C32H31F6N7O5. The van der Waals surface area contributed by atoms with Crippen molar-refractivity contribution in [1.82, 2.24) is 15.0 Å². The molecule has 50 heavy (non-hydrogen) atoms. The zero-order valence-electron chi connectivity index (χ0n) is 26.5. The van der Waals surface area contributed by atoms with E-state index in [1.807, 2.05) is 4.90 Å². The lowest BCUT2D eigenvalue weighted by molar-refractivity contribution is -0.141. The van der Waals surface area contributed by atoms with Crippen LogP contribution in [-0.2, 0) is 33.0 Å². The van der Waals surface area contributed by atoms with E-state index in [0.717, 1.165) is 29.2 Å². The van der Waals surface area contributed by atoms with Crippen LogP contribution in [0.1, 0.15) is 66.0 Å². The molecule has 0 bridgehead atoms. The fraction of sp³-hybridized carbons (Fsp3) is 0.438. The second-order valence-corrected chi connectivity index (χ2v) is 11.6. The van der Waals surface area contributed by atoms with Crippen molar-refractivity contribution in [3.8, 4) is 6.07 Å². The van der Waals surface area contributed by atoms with E-state index < -0.39 is 60.8 Å². The number of fused-ring (bicyclic) bond motifs is 1. The number of aromatic nitrogens is 3. The zero-order chi connectivity index (χ0) is 36.2. The summed E-state index contributed by atoms with van der Waals surface area (Å²) in [5, 5.41) is 21.4. The van der Waals surface area contributed by atoms with Gasteiger partial charge >= 0.3 is 24.4 Å². The summed E-state index contributed by atoms with van der Waals surface area (Å²) in [7, 11) is 0. The van der Waals surface area contributed by atoms with Gasteiger partial charge in [0.25, 0.3) is 0 Å². The minimum absolute atomic E-state index is 0.00656. The summed E-state index contributed by atoms with van der Waals surface area (Å²) in [6, 6.07) is 4.96. The second kappa shape index (κ2) is 14.7. The Morgan fingerprint density at radius 1 is 1.08 bits per heavy atom. The van der Waals surface area contributed by atoms with Crippen molar-refractivity contribution in [2.24, 2.45) is 0 Å². The van der Waals surface area contributed by atoms with Gasteiger partial charge in [-0.25, -0.2) is 19.7 Å². The van der Waals surface area contributed by atoms with Gasteiger partial charge in [0.1, 0.15) is 12.3 Å². The average Bonchev–Trinajstić information content (AvgIpc) is 3.07. The van der Waals surface area contributed by atoms with Crippen LogP contribution in [0.15, 0.2) is 36.5 Å². The number of nitriles is 1. The summed E-state index contributed by atoms with van der Waals surface area (Å²) in [5.41, 5.74) is -1.65. The highest BCUT2D eigenvalue weighted by Crippen LogP contribution is 2.41. The van der Waals surface area contributed by atoms with Crippen LogP contribution in [-0.4, -0.2) is 71.1 Å². The summed E-state index contributed by atoms with van der Waals surface area (Å²) >= 11 is 0. The molecule has 266 valence electrons. The third kappa shape index (κ3) is 8.33. The van der Waals surface area contributed by atoms with E-state index in [1.54, 1.807) is 13.0 Å². The maximum atomic E-state index is 13.8. The Bertz CT molecular complexity index is 1780. The molecule has 5 rings (SSSR count). The fourth-order valence-electron chi connectivity index (χ4n) is 5.84. The number of hydrogen-bond acceptors (Lipinski definition) is 10. The van der Waals surface area contributed by atoms with Gasteiger partial charge in [-0.05, 0) is 48.7 Å². The lowest BCUT2D eigenvalue weighted by Gasteiger charge is -2.39. The molecule has 0 spiro atoms. The minimum atomic E-state index is -4.83. The minimum Gasteiger partial charge on any atom is -0.481 e. The van der Waals surface area contributed by atoms with Crippen molar-refractivity contribution in [1.29, 1.82) is 5.26 Å². The van der Waals surface area contributed by atoms with Crippen LogP contribution in [0.3, 0.4) is 0 Å². The predicted octanol–water partition coefficient (Wildman–Crippen LogP) is 5.96. The van der Waals surface area contributed by atoms with Gasteiger partial charge in [-0.1, -0.05) is 6.92 Å². The molecule has 1 saturated heterocycles. The summed E-state index contributed by atoms with van der Waals surface area (Å²) in [6.07, 6.45) is -9.31. The summed E-state index contributed by atoms with van der Waals surface area (Å²) in [4.78, 5) is 40.0. The van der Waals surface area contributed by atoms with Gasteiger partial charge in [0, 0.05) is 25.6 Å². The van der Waals surface area contributed by atoms with Crippen LogP contribution >= 0.6 is 0 Å². The summed E-state index contributed by atoms with van der Waals surface area (Å²) < 4.78 is 93.0. The van der Waals surface area contributed by atoms with Crippen molar-refractivity contribution in [3.05, 3.63) is 70.3 Å². The van der Waals surface area contributed by atoms with Gasteiger partial charge in [0.2, 0.25) is 5.95 Å². The number of nitrogens with zero attached hydrogens (tertiary/aromatic N) is 6. The SMILES string of the molecule is CC[C@@H]1C[C@H](Nc2ncc(N3CCOCC3)c(Cc3cc(C#N)cc(C(F)(F)F)c3)n2)c2nc(C(F)(F)F)ccc2N1C(=O)OCCC(=O)O. The van der Waals surface area contributed by atoms with Crippen molar-refractivity contribution >= 4 is 29.4 Å². The molecule has 2 aliphatic rings. The molecule has 2 aromatic heterocycles. The number of nitrogens with one attached hydrogen (secondary N) is 1. The van der Waals surface area contributed by atoms with Crippen molar-refractivity contribution < 1.29 is 50.5 Å². The van der Waals surface area contributed by atoms with Gasteiger partial charge in [0.15, 0.2) is 0 Å². The van der Waals surface area contributed by atoms with Crippen LogP contribution in [0, 0.1) is 11.3 Å². The van der Waals surface area contributed by atoms with Gasteiger partial charge in [-0.3, -0.25) is 9.69 Å². The van der Waals surface area contributed by atoms with Crippen LogP contribution in [0.4, 0.5) is 48.5 Å². The molecule has 0 radical (unpaired) electrons. The van der Waals surface area contributed by atoms with E-state index in [4.69, 9.17) is 14.6 Å². The Morgan fingerprint density at radius 3 is 2.46 bits per heavy atom. The molecule has 2 atom stereocenters. The largest absolute Gasteiger partial charge is 0.481 e. The Hall–Kier alpha value is -5.18. The molecule has 2 N–H and O–H groups in total. The molecular weight excluding hydrogens is 676 g/mol. The van der Waals surface area contributed by atoms with Crippen molar-refractivity contribution in [3.63, 3.8) is 0 Å². The van der Waals surface area contributed by atoms with Crippen molar-refractivity contribution in [2.45, 2.75) is 57.0 Å². The van der Waals surface area contributed by atoms with Gasteiger partial charge < -0.3 is 24.8 Å². The quantitative estimate of drug-likeness (QED) is 0.253. The summed E-state index contributed by atoms with van der Waals surface area (Å²) in [6.45, 7) is 2.92. The third-order valence-corrected chi connectivity index (χ3v) is 8.19. The van der Waals surface area contributed by atoms with Gasteiger partial charge in [0.05, 0.1) is 71.8 Å². The van der Waals surface area contributed by atoms with Crippen LogP contribution in [0.5, 0.6) is 0 Å². The lowest BCUT2D eigenvalue weighted by atomic mass is 9.93. The van der Waals surface area contributed by atoms with Crippen molar-refractivity contribution in [2.75, 3.05) is 48.0 Å². The maximum absolute atomic E-state index is 13.8. The lowest BCUT2D eigenvalue weighted by Crippen LogP contribution is -2.46. The zero-order valence-corrected chi connectivity index (χ0v) is 26.5. The summed E-state index contributed by atoms with van der Waals surface area (Å²) in [5.74, 6) is -1.27. The maximum Gasteiger partial charge on any atom is 0.433 e. The standard InChI is InChI=1S/C32H31F6N7O5/c1-2-21-15-23(28-24(3-4-26(43-28)32(36,37)38)45(21)30(48)50-8-5-27(46)47)42-29-40-17-25(44-6-9-49-10-7-44)22(41-29)14-18-11-19(16-39)13-20(12-18)31(33,34)35/h3-4,11-13,17,21,23H,2,5-10,14-15H2,1H3,(H,46,47)(H,40,41,42)/t21-,23+/m1/s1. The molecule has 0 unspecified atom stereocenters. The molecule has 18 heteroatoms. The second-order valence-electron chi connectivity index (χ2n) is 11.6. The normalized spacial score (nSPS) is 17.9. The highest BCUT2D eigenvalue weighted by atomic mass is 19.4. The van der Waals surface area contributed by atoms with Crippen LogP contribution in [0.25, 0.3) is 0 Å². The predicted molar refractivity (Wildman–Crippen MR) is 164 cm³/mol. The first-order chi connectivity index (χ1) is 23.7. The fourth-order valence-corrected chi connectivity index (χ4v) is 5.84. The van der Waals surface area contributed by atoms with E-state index in [-0.39, 0.29) is 47.0 Å². The Balaban J connectivity index is 1.54. The average molecular weight is 708 g/mol. The van der Waals surface area contributed by atoms with Gasteiger partial charge in [-0.15, -0.1) is 0 Å². The highest BCUT2D eigenvalue weighted by Gasteiger charge is 2.41. The molecule has 12 nitrogen and oxygen atoms in total. The number of halogens is 6. The smallest absolute Gasteiger partial charge is 0.433 e. The number of carboxylic acids is 1. The number of aliphatic carboxylic acids is 1. The van der Waals surface area contributed by atoms with Gasteiger partial charge in [-0.2, -0.15) is 31.6 Å². The molecule has 4 heterocycles. The first-order valence-corrected chi connectivity index (χ1v) is 15.5. The molecule has 3 aromatic rings. The monoisotopic (exact) mass is 707 g/mol. The molecule has 0 saturated carbocycles. The number of rotatable bonds is 9. The number of hydrogen-bond donors (Lipinski definition) is 2. The number of carboxylic acid groups (broad SMARTS) is 1. The molecule has 0 aliphatic carbocycles. The third-order valence-electron chi connectivity index (χ3n) is 8.19. The molecule has 1 fully saturated rings. The highest BCUT2D eigenvalue weighted by molar-refractivity contribution is 5.90. The number of carbonyl (C=O) groups excluding carboxylic acids is 1. The number of anilines is 3. The van der Waals surface area contributed by atoms with E-state index in [1.165, 1.54) is 12.3 Å². The topological polar surface area (TPSA) is 154 Å². The van der Waals surface area contributed by atoms with E-state index >= 15 is 0 Å². The Kier molecular flexibility index (Phi) is 10.6. The molecule has 1 amide bonds.